The van der Waals surface area contributed by atoms with Crippen molar-refractivity contribution in [1.29, 1.82) is 0 Å². The minimum Gasteiger partial charge on any atom is -0.508 e. The van der Waals surface area contributed by atoms with Crippen molar-refractivity contribution in [3.8, 4) is 22.6 Å². The topological polar surface area (TPSA) is 184 Å². The number of carbonyl (C=O) groups is 4. The van der Waals surface area contributed by atoms with Crippen molar-refractivity contribution in [2.45, 2.75) is 24.9 Å². The molecule has 3 atom stereocenters. The molecule has 38 heavy (non-hydrogen) atoms. The molecule has 0 radical (unpaired) electrons. The quantitative estimate of drug-likeness (QED) is 0.192. The summed E-state index contributed by atoms with van der Waals surface area (Å²) in [4.78, 5) is 49.5. The fourth-order valence-electron chi connectivity index (χ4n) is 5.91. The summed E-state index contributed by atoms with van der Waals surface area (Å²) >= 11 is 1.87. The van der Waals surface area contributed by atoms with Gasteiger partial charge in [0, 0.05) is 29.0 Å². The highest BCUT2D eigenvalue weighted by molar-refractivity contribution is 14.1. The SMILES string of the molecule is COc1ccc(C=O)cc1-c1cc(I)c(O)c2c1CC1CC3CC(=O)C(C(N)=O)=C(O)C3(O)C(=O)C1=C2O. The van der Waals surface area contributed by atoms with E-state index in [2.05, 4.69) is 0 Å². The van der Waals surface area contributed by atoms with Gasteiger partial charge in [-0.15, -0.1) is 0 Å². The highest BCUT2D eigenvalue weighted by Gasteiger charge is 2.60. The van der Waals surface area contributed by atoms with Crippen LogP contribution in [0, 0.1) is 15.4 Å². The lowest BCUT2D eigenvalue weighted by Gasteiger charge is -2.46. The van der Waals surface area contributed by atoms with Crippen LogP contribution >= 0.6 is 22.6 Å². The molecular weight excluding hydrogens is 609 g/mol. The smallest absolute Gasteiger partial charge is 0.255 e. The van der Waals surface area contributed by atoms with E-state index in [9.17, 15) is 39.6 Å². The largest absolute Gasteiger partial charge is 0.508 e. The number of aldehydes is 1. The molecule has 0 saturated heterocycles. The van der Waals surface area contributed by atoms with Gasteiger partial charge in [0.25, 0.3) is 5.91 Å². The number of hydrogen-bond acceptors (Lipinski definition) is 9. The van der Waals surface area contributed by atoms with E-state index in [4.69, 9.17) is 10.5 Å². The average molecular weight is 631 g/mol. The number of Topliss-reactive ketones (excluding diaryl/α,β-unsaturated/α-hetero) is 2. The Balaban J connectivity index is 1.76. The number of methoxy groups -OCH3 is 1. The molecule has 6 N–H and O–H groups in total. The Labute approximate surface area is 229 Å². The second-order valence-corrected chi connectivity index (χ2v) is 10.8. The van der Waals surface area contributed by atoms with Crippen LogP contribution in [-0.4, -0.2) is 56.9 Å². The fraction of sp³-hybridized carbons (Fsp3) is 0.259. The van der Waals surface area contributed by atoms with E-state index in [1.165, 1.54) is 7.11 Å². The molecule has 1 amide bonds. The number of aromatic hydroxyl groups is 1. The first-order valence-corrected chi connectivity index (χ1v) is 12.7. The Morgan fingerprint density at radius 2 is 1.87 bits per heavy atom. The zero-order chi connectivity index (χ0) is 27.7. The lowest BCUT2D eigenvalue weighted by Crippen LogP contribution is -2.58. The van der Waals surface area contributed by atoms with E-state index in [1.807, 2.05) is 22.6 Å². The number of hydrogen-bond donors (Lipinski definition) is 5. The molecule has 0 aliphatic heterocycles. The van der Waals surface area contributed by atoms with Crippen molar-refractivity contribution in [3.63, 3.8) is 0 Å². The van der Waals surface area contributed by atoms with Crippen molar-refractivity contribution < 1.29 is 44.3 Å². The van der Waals surface area contributed by atoms with Crippen LogP contribution in [0.3, 0.4) is 0 Å². The molecule has 3 aliphatic rings. The predicted octanol–water partition coefficient (Wildman–Crippen LogP) is 2.52. The lowest BCUT2D eigenvalue weighted by atomic mass is 9.59. The number of nitrogens with two attached hydrogens (primary N) is 1. The number of amides is 1. The van der Waals surface area contributed by atoms with E-state index in [0.717, 1.165) is 0 Å². The van der Waals surface area contributed by atoms with Gasteiger partial charge in [0.2, 0.25) is 5.78 Å². The number of ketones is 2. The number of aliphatic hydroxyl groups excluding tert-OH is 2. The average Bonchev–Trinajstić information content (AvgIpc) is 2.87. The molecule has 2 aromatic rings. The summed E-state index contributed by atoms with van der Waals surface area (Å²) in [5.74, 6) is -6.43. The summed E-state index contributed by atoms with van der Waals surface area (Å²) in [5, 5.41) is 44.4. The number of fused-ring (bicyclic) bond motifs is 3. The second-order valence-electron chi connectivity index (χ2n) is 9.59. The first kappa shape index (κ1) is 25.9. The maximum Gasteiger partial charge on any atom is 0.255 e. The fourth-order valence-corrected chi connectivity index (χ4v) is 6.49. The van der Waals surface area contributed by atoms with E-state index in [0.29, 0.717) is 37.9 Å². The van der Waals surface area contributed by atoms with Crippen LogP contribution in [0.2, 0.25) is 0 Å². The number of benzene rings is 2. The molecule has 3 aliphatic carbocycles. The van der Waals surface area contributed by atoms with Gasteiger partial charge >= 0.3 is 0 Å². The third-order valence-corrected chi connectivity index (χ3v) is 8.49. The van der Waals surface area contributed by atoms with Gasteiger partial charge in [-0.25, -0.2) is 0 Å². The Kier molecular flexibility index (Phi) is 6.10. The molecule has 11 heteroatoms. The van der Waals surface area contributed by atoms with Crippen LogP contribution in [0.4, 0.5) is 0 Å². The molecule has 196 valence electrons. The zero-order valence-corrected chi connectivity index (χ0v) is 22.1. The lowest BCUT2D eigenvalue weighted by molar-refractivity contribution is -0.147. The molecule has 1 fully saturated rings. The predicted molar refractivity (Wildman–Crippen MR) is 141 cm³/mol. The van der Waals surface area contributed by atoms with Crippen molar-refractivity contribution in [2.24, 2.45) is 17.6 Å². The molecule has 0 bridgehead atoms. The highest BCUT2D eigenvalue weighted by Crippen LogP contribution is 2.54. The molecular formula is C27H22INO9. The number of carbonyl (C=O) groups excluding carboxylic acids is 4. The van der Waals surface area contributed by atoms with Crippen molar-refractivity contribution >= 4 is 52.1 Å². The van der Waals surface area contributed by atoms with Crippen LogP contribution in [-0.2, 0) is 20.8 Å². The Hall–Kier alpha value is -3.71. The van der Waals surface area contributed by atoms with Gasteiger partial charge in [-0.1, -0.05) is 0 Å². The molecule has 2 aromatic carbocycles. The van der Waals surface area contributed by atoms with Crippen LogP contribution < -0.4 is 10.5 Å². The van der Waals surface area contributed by atoms with Gasteiger partial charge in [0.15, 0.2) is 11.4 Å². The Morgan fingerprint density at radius 1 is 1.16 bits per heavy atom. The zero-order valence-electron chi connectivity index (χ0n) is 19.9. The molecule has 0 aromatic heterocycles. The third kappa shape index (κ3) is 3.48. The number of primary amides is 1. The number of rotatable bonds is 4. The number of ether oxygens (including phenoxy) is 1. The Morgan fingerprint density at radius 3 is 2.50 bits per heavy atom. The summed E-state index contributed by atoms with van der Waals surface area (Å²) in [5.41, 5.74) is 3.44. The molecule has 10 nitrogen and oxygen atoms in total. The minimum atomic E-state index is -2.63. The van der Waals surface area contributed by atoms with E-state index >= 15 is 0 Å². The second kappa shape index (κ2) is 8.95. The molecule has 5 rings (SSSR count). The summed E-state index contributed by atoms with van der Waals surface area (Å²) in [6.07, 6.45) is 0.419. The maximum absolute atomic E-state index is 13.7. The minimum absolute atomic E-state index is 0.0145. The van der Waals surface area contributed by atoms with E-state index < -0.39 is 58.4 Å². The monoisotopic (exact) mass is 631 g/mol. The standard InChI is InChI=1S/C27H22INO9/c1-38-18-3-2-10(9-30)4-14(18)13-8-16(28)22(32)20-15(13)6-11-5-12-7-17(31)21(26(29)36)25(35)27(12,37)24(34)19(11)23(20)33/h2-4,8-9,11-12,32-33,35,37H,5-7H2,1H3,(H2,29,36). The van der Waals surface area contributed by atoms with Gasteiger partial charge in [-0.05, 0) is 76.7 Å². The number of phenols is 1. The number of phenolic OH excluding ortho intramolecular Hbond substituents is 1. The number of aliphatic hydroxyl groups is 3. The summed E-state index contributed by atoms with van der Waals surface area (Å²) in [6, 6.07) is 6.50. The summed E-state index contributed by atoms with van der Waals surface area (Å²) in [7, 11) is 1.47. The first-order chi connectivity index (χ1) is 17.9. The third-order valence-electron chi connectivity index (χ3n) is 7.67. The van der Waals surface area contributed by atoms with Gasteiger partial charge in [0.05, 0.1) is 16.2 Å². The van der Waals surface area contributed by atoms with Crippen molar-refractivity contribution in [3.05, 3.63) is 61.4 Å². The van der Waals surface area contributed by atoms with Gasteiger partial charge in [-0.3, -0.25) is 19.2 Å². The first-order valence-electron chi connectivity index (χ1n) is 11.6. The normalized spacial score (nSPS) is 24.5. The van der Waals surface area contributed by atoms with Crippen LogP contribution in [0.15, 0.2) is 41.2 Å². The van der Waals surface area contributed by atoms with Crippen LogP contribution in [0.5, 0.6) is 11.5 Å². The number of halogens is 1. The Bertz CT molecular complexity index is 1540. The highest BCUT2D eigenvalue weighted by atomic mass is 127. The van der Waals surface area contributed by atoms with Crippen LogP contribution in [0.25, 0.3) is 16.9 Å². The van der Waals surface area contributed by atoms with Crippen molar-refractivity contribution in [1.82, 2.24) is 0 Å². The summed E-state index contributed by atoms with van der Waals surface area (Å²) in [6.45, 7) is 0. The van der Waals surface area contributed by atoms with Gasteiger partial charge < -0.3 is 30.9 Å². The molecule has 3 unspecified atom stereocenters. The van der Waals surface area contributed by atoms with E-state index in [-0.39, 0.29) is 29.7 Å². The van der Waals surface area contributed by atoms with Crippen molar-refractivity contribution in [2.75, 3.05) is 7.11 Å². The molecule has 1 saturated carbocycles. The summed E-state index contributed by atoms with van der Waals surface area (Å²) < 4.78 is 5.83. The van der Waals surface area contributed by atoms with Gasteiger partial charge in [-0.2, -0.15) is 0 Å². The maximum atomic E-state index is 13.7. The molecule has 0 spiro atoms. The van der Waals surface area contributed by atoms with Gasteiger partial charge in [0.1, 0.15) is 34.9 Å². The van der Waals surface area contributed by atoms with E-state index in [1.54, 1.807) is 24.3 Å². The van der Waals surface area contributed by atoms with Crippen LogP contribution in [0.1, 0.15) is 34.3 Å². The molecule has 0 heterocycles.